The highest BCUT2D eigenvalue weighted by atomic mass is 79.9. The smallest absolute Gasteiger partial charge is 0.0701 e. The van der Waals surface area contributed by atoms with E-state index >= 15 is 0 Å². The van der Waals surface area contributed by atoms with Crippen molar-refractivity contribution in [1.82, 2.24) is 5.32 Å². The lowest BCUT2D eigenvalue weighted by atomic mass is 10.1. The lowest BCUT2D eigenvalue weighted by Crippen LogP contribution is -2.23. The quantitative estimate of drug-likeness (QED) is 0.816. The van der Waals surface area contributed by atoms with Crippen LogP contribution in [0.1, 0.15) is 18.2 Å². The van der Waals surface area contributed by atoms with Gasteiger partial charge in [-0.3, -0.25) is 0 Å². The molecule has 0 bridgehead atoms. The van der Waals surface area contributed by atoms with Gasteiger partial charge in [-0.05, 0) is 40.9 Å². The molecule has 0 aliphatic heterocycles. The van der Waals surface area contributed by atoms with E-state index in [1.807, 2.05) is 6.92 Å². The Morgan fingerprint density at radius 1 is 1.60 bits per heavy atom. The fourth-order valence-corrected chi connectivity index (χ4v) is 2.74. The van der Waals surface area contributed by atoms with Gasteiger partial charge in [0.25, 0.3) is 0 Å². The summed E-state index contributed by atoms with van der Waals surface area (Å²) in [6.45, 7) is 3.80. The summed E-state index contributed by atoms with van der Waals surface area (Å²) in [5.41, 5.74) is 0. The van der Waals surface area contributed by atoms with Crippen molar-refractivity contribution in [1.29, 1.82) is 5.26 Å². The standard InChI is InChI=1S/C11H15BrN2S/c1-2-9(7-13)8-14-6-5-10-3-4-11(12)15-10/h3-4,9,14H,2,5-6,8H2,1H3. The first-order valence-electron chi connectivity index (χ1n) is 5.10. The van der Waals surface area contributed by atoms with Crippen molar-refractivity contribution in [3.8, 4) is 6.07 Å². The van der Waals surface area contributed by atoms with Crippen LogP contribution in [0.5, 0.6) is 0 Å². The monoisotopic (exact) mass is 286 g/mol. The first kappa shape index (κ1) is 12.7. The lowest BCUT2D eigenvalue weighted by molar-refractivity contribution is 0.556. The second-order valence-corrected chi connectivity index (χ2v) is 5.94. The maximum Gasteiger partial charge on any atom is 0.0701 e. The SMILES string of the molecule is CCC(C#N)CNCCc1ccc(Br)s1. The van der Waals surface area contributed by atoms with Gasteiger partial charge in [-0.2, -0.15) is 5.26 Å². The van der Waals surface area contributed by atoms with Crippen LogP contribution >= 0.6 is 27.3 Å². The molecule has 0 radical (unpaired) electrons. The Bertz CT molecular complexity index is 330. The number of nitrogens with one attached hydrogen (secondary N) is 1. The summed E-state index contributed by atoms with van der Waals surface area (Å²) in [6, 6.07) is 6.50. The Kier molecular flexibility index (Phi) is 5.92. The fourth-order valence-electron chi connectivity index (χ4n) is 1.26. The molecule has 1 N–H and O–H groups in total. The molecule has 4 heteroatoms. The number of rotatable bonds is 6. The maximum absolute atomic E-state index is 8.75. The normalized spacial score (nSPS) is 12.3. The molecule has 82 valence electrons. The van der Waals surface area contributed by atoms with Gasteiger partial charge in [0.2, 0.25) is 0 Å². The van der Waals surface area contributed by atoms with Gasteiger partial charge < -0.3 is 5.32 Å². The van der Waals surface area contributed by atoms with E-state index in [1.54, 1.807) is 11.3 Å². The van der Waals surface area contributed by atoms with E-state index in [1.165, 1.54) is 8.66 Å². The summed E-state index contributed by atoms with van der Waals surface area (Å²) in [5, 5.41) is 12.1. The van der Waals surface area contributed by atoms with Gasteiger partial charge in [0.1, 0.15) is 0 Å². The summed E-state index contributed by atoms with van der Waals surface area (Å²) in [6.07, 6.45) is 1.96. The number of nitriles is 1. The molecule has 0 saturated heterocycles. The van der Waals surface area contributed by atoms with E-state index in [9.17, 15) is 0 Å². The molecule has 1 atom stereocenters. The molecular weight excluding hydrogens is 272 g/mol. The molecule has 0 amide bonds. The average Bonchev–Trinajstić information content (AvgIpc) is 2.65. The van der Waals surface area contributed by atoms with Crippen LogP contribution in [0.3, 0.4) is 0 Å². The van der Waals surface area contributed by atoms with Gasteiger partial charge >= 0.3 is 0 Å². The van der Waals surface area contributed by atoms with Crippen molar-refractivity contribution < 1.29 is 0 Å². The number of hydrogen-bond acceptors (Lipinski definition) is 3. The van der Waals surface area contributed by atoms with Gasteiger partial charge in [-0.25, -0.2) is 0 Å². The van der Waals surface area contributed by atoms with E-state index in [4.69, 9.17) is 5.26 Å². The molecule has 1 rings (SSSR count). The molecule has 0 saturated carbocycles. The van der Waals surface area contributed by atoms with Crippen LogP contribution < -0.4 is 5.32 Å². The number of thiophene rings is 1. The zero-order chi connectivity index (χ0) is 11.1. The van der Waals surface area contributed by atoms with Crippen molar-refractivity contribution in [3.05, 3.63) is 20.8 Å². The minimum atomic E-state index is 0.153. The first-order chi connectivity index (χ1) is 7.26. The van der Waals surface area contributed by atoms with Crippen molar-refractivity contribution >= 4 is 27.3 Å². The minimum absolute atomic E-state index is 0.153. The third-order valence-electron chi connectivity index (χ3n) is 2.24. The van der Waals surface area contributed by atoms with Crippen LogP contribution in [-0.2, 0) is 6.42 Å². The van der Waals surface area contributed by atoms with Crippen LogP contribution in [0.4, 0.5) is 0 Å². The molecule has 0 fully saturated rings. The average molecular weight is 287 g/mol. The van der Waals surface area contributed by atoms with Crippen LogP contribution in [0, 0.1) is 17.2 Å². The largest absolute Gasteiger partial charge is 0.315 e. The Labute approximate surface area is 103 Å². The number of halogens is 1. The zero-order valence-corrected chi connectivity index (χ0v) is 11.2. The van der Waals surface area contributed by atoms with Crippen molar-refractivity contribution in [2.24, 2.45) is 5.92 Å². The van der Waals surface area contributed by atoms with Crippen LogP contribution in [0.25, 0.3) is 0 Å². The molecule has 2 nitrogen and oxygen atoms in total. The van der Waals surface area contributed by atoms with Crippen LogP contribution in [-0.4, -0.2) is 13.1 Å². The van der Waals surface area contributed by atoms with Gasteiger partial charge in [0.15, 0.2) is 0 Å². The predicted octanol–water partition coefficient (Wildman–Crippen LogP) is 3.19. The molecule has 1 unspecified atom stereocenters. The van der Waals surface area contributed by atoms with Crippen molar-refractivity contribution in [2.45, 2.75) is 19.8 Å². The number of hydrogen-bond donors (Lipinski definition) is 1. The molecule has 0 aliphatic carbocycles. The Hall–Kier alpha value is -0.370. The predicted molar refractivity (Wildman–Crippen MR) is 68.0 cm³/mol. The molecule has 1 heterocycles. The summed E-state index contributed by atoms with van der Waals surface area (Å²) < 4.78 is 1.18. The van der Waals surface area contributed by atoms with Gasteiger partial charge in [0.05, 0.1) is 15.8 Å². The minimum Gasteiger partial charge on any atom is -0.315 e. The Morgan fingerprint density at radius 2 is 2.40 bits per heavy atom. The molecule has 0 aliphatic rings. The second-order valence-electron chi connectivity index (χ2n) is 3.39. The third kappa shape index (κ3) is 4.78. The maximum atomic E-state index is 8.75. The van der Waals surface area contributed by atoms with Gasteiger partial charge in [0, 0.05) is 18.0 Å². The molecular formula is C11H15BrN2S. The molecule has 1 aromatic rings. The molecule has 15 heavy (non-hydrogen) atoms. The van der Waals surface area contributed by atoms with E-state index < -0.39 is 0 Å². The van der Waals surface area contributed by atoms with Gasteiger partial charge in [-0.1, -0.05) is 6.92 Å². The summed E-state index contributed by atoms with van der Waals surface area (Å²) in [4.78, 5) is 1.37. The van der Waals surface area contributed by atoms with Crippen molar-refractivity contribution in [2.75, 3.05) is 13.1 Å². The van der Waals surface area contributed by atoms with E-state index in [0.717, 1.165) is 25.9 Å². The second kappa shape index (κ2) is 7.00. The highest BCUT2D eigenvalue weighted by Crippen LogP contribution is 2.21. The van der Waals surface area contributed by atoms with Gasteiger partial charge in [-0.15, -0.1) is 11.3 Å². The highest BCUT2D eigenvalue weighted by molar-refractivity contribution is 9.11. The number of nitrogens with zero attached hydrogens (tertiary/aromatic N) is 1. The lowest BCUT2D eigenvalue weighted by Gasteiger charge is -2.06. The summed E-state index contributed by atoms with van der Waals surface area (Å²) in [7, 11) is 0. The first-order valence-corrected chi connectivity index (χ1v) is 6.71. The molecule has 1 aromatic heterocycles. The zero-order valence-electron chi connectivity index (χ0n) is 8.79. The topological polar surface area (TPSA) is 35.8 Å². The molecule has 0 aromatic carbocycles. The summed E-state index contributed by atoms with van der Waals surface area (Å²) in [5.74, 6) is 0.153. The summed E-state index contributed by atoms with van der Waals surface area (Å²) >= 11 is 5.21. The fraction of sp³-hybridized carbons (Fsp3) is 0.545. The molecule has 0 spiro atoms. The Balaban J connectivity index is 2.15. The Morgan fingerprint density at radius 3 is 2.93 bits per heavy atom. The van der Waals surface area contributed by atoms with E-state index in [-0.39, 0.29) is 5.92 Å². The van der Waals surface area contributed by atoms with Crippen molar-refractivity contribution in [3.63, 3.8) is 0 Å². The van der Waals surface area contributed by atoms with Crippen LogP contribution in [0.15, 0.2) is 15.9 Å². The third-order valence-corrected chi connectivity index (χ3v) is 3.93. The van der Waals surface area contributed by atoms with E-state index in [2.05, 4.69) is 39.4 Å². The van der Waals surface area contributed by atoms with Crippen LogP contribution in [0.2, 0.25) is 0 Å². The van der Waals surface area contributed by atoms with E-state index in [0.29, 0.717) is 0 Å². The highest BCUT2D eigenvalue weighted by Gasteiger charge is 2.03.